The van der Waals surface area contributed by atoms with Crippen LogP contribution in [0.25, 0.3) is 0 Å². The van der Waals surface area contributed by atoms with E-state index < -0.39 is 0 Å². The van der Waals surface area contributed by atoms with E-state index in [2.05, 4.69) is 23.2 Å². The van der Waals surface area contributed by atoms with Crippen LogP contribution in [0.2, 0.25) is 0 Å². The molecule has 6 rings (SSSR count). The average Bonchev–Trinajstić information content (AvgIpc) is 3.56. The number of aromatic nitrogens is 1. The molecule has 202 valence electrons. The predicted molar refractivity (Wildman–Crippen MR) is 144 cm³/mol. The number of aromatic hydroxyl groups is 1. The minimum Gasteiger partial charge on any atom is -0.508 e. The summed E-state index contributed by atoms with van der Waals surface area (Å²) in [5, 5.41) is 10.5. The van der Waals surface area contributed by atoms with Crippen LogP contribution in [0.4, 0.5) is 0 Å². The maximum atomic E-state index is 13.8. The van der Waals surface area contributed by atoms with Crippen molar-refractivity contribution in [2.45, 2.75) is 45.1 Å². The zero-order valence-electron chi connectivity index (χ0n) is 22.0. The number of ether oxygens (including phenoxy) is 2. The molecule has 1 atom stereocenters. The van der Waals surface area contributed by atoms with E-state index in [9.17, 15) is 14.7 Å². The average molecular weight is 528 g/mol. The van der Waals surface area contributed by atoms with E-state index in [1.807, 2.05) is 29.2 Å². The summed E-state index contributed by atoms with van der Waals surface area (Å²) in [6, 6.07) is 15.5. The van der Waals surface area contributed by atoms with E-state index in [4.69, 9.17) is 9.47 Å². The van der Waals surface area contributed by atoms with Crippen LogP contribution in [0.3, 0.4) is 0 Å². The topological polar surface area (TPSA) is 92.2 Å². The summed E-state index contributed by atoms with van der Waals surface area (Å²) < 4.78 is 11.3. The van der Waals surface area contributed by atoms with Crippen molar-refractivity contribution in [3.8, 4) is 17.2 Å². The third-order valence-corrected chi connectivity index (χ3v) is 8.00. The third kappa shape index (κ3) is 5.55. The van der Waals surface area contributed by atoms with Gasteiger partial charge >= 0.3 is 0 Å². The molecule has 1 saturated heterocycles. The van der Waals surface area contributed by atoms with Gasteiger partial charge in [-0.05, 0) is 84.7 Å². The van der Waals surface area contributed by atoms with Crippen LogP contribution < -0.4 is 9.47 Å². The molecule has 2 aromatic carbocycles. The van der Waals surface area contributed by atoms with Gasteiger partial charge in [0.05, 0.1) is 18.2 Å². The van der Waals surface area contributed by atoms with Crippen molar-refractivity contribution in [1.82, 2.24) is 14.8 Å². The van der Waals surface area contributed by atoms with Gasteiger partial charge in [-0.1, -0.05) is 18.2 Å². The fourth-order valence-electron chi connectivity index (χ4n) is 5.85. The number of hydrogen-bond acceptors (Lipinski definition) is 6. The minimum atomic E-state index is -0.353. The molecule has 1 aromatic heterocycles. The van der Waals surface area contributed by atoms with Crippen LogP contribution in [0.1, 0.15) is 40.8 Å². The number of pyridine rings is 1. The van der Waals surface area contributed by atoms with E-state index in [0.717, 1.165) is 47.6 Å². The van der Waals surface area contributed by atoms with Gasteiger partial charge in [-0.25, -0.2) is 0 Å². The Labute approximate surface area is 228 Å². The molecule has 3 aliphatic heterocycles. The van der Waals surface area contributed by atoms with Gasteiger partial charge in [-0.2, -0.15) is 0 Å². The second-order valence-electron chi connectivity index (χ2n) is 10.6. The number of aryl methyl sites for hydroxylation is 3. The third-order valence-electron chi connectivity index (χ3n) is 8.00. The Balaban J connectivity index is 1.22. The van der Waals surface area contributed by atoms with Crippen molar-refractivity contribution < 1.29 is 24.2 Å². The van der Waals surface area contributed by atoms with Crippen molar-refractivity contribution in [1.29, 1.82) is 0 Å². The van der Waals surface area contributed by atoms with Crippen molar-refractivity contribution in [2.24, 2.45) is 5.92 Å². The molecule has 1 N–H and O–H groups in total. The molecule has 2 amide bonds. The molecule has 0 saturated carbocycles. The Bertz CT molecular complexity index is 1380. The van der Waals surface area contributed by atoms with Gasteiger partial charge in [-0.15, -0.1) is 0 Å². The molecular formula is C31H33N3O5. The van der Waals surface area contributed by atoms with Crippen molar-refractivity contribution in [2.75, 3.05) is 26.4 Å². The maximum absolute atomic E-state index is 13.8. The first-order chi connectivity index (χ1) is 19.0. The smallest absolute Gasteiger partial charge is 0.231 e. The number of phenols is 1. The Morgan fingerprint density at radius 1 is 0.949 bits per heavy atom. The highest BCUT2D eigenvalue weighted by Gasteiger charge is 2.36. The highest BCUT2D eigenvalue weighted by Crippen LogP contribution is 2.36. The number of nitrogens with zero attached hydrogens (tertiary/aromatic N) is 3. The number of phenolic OH excluding ortho intramolecular Hbond substituents is 1. The van der Waals surface area contributed by atoms with Crippen LogP contribution in [0.15, 0.2) is 54.7 Å². The van der Waals surface area contributed by atoms with Gasteiger partial charge in [0.1, 0.15) is 5.75 Å². The standard InChI is InChI=1S/C31H33N3O5/c35-27-9-6-21-10-13-33(31(37)25-17-30(36)34(18-25)19-26-5-1-2-11-32-26)12-3-4-22-15-28-29(39-20-38-28)16-23(22)7-8-24(27)14-21/h1-2,5-6,9,11,14-16,25,35H,3-4,7-8,10,12-13,17-20H2. The number of hydrogen-bond donors (Lipinski definition) is 1. The molecule has 0 aliphatic carbocycles. The molecule has 3 aromatic rings. The molecule has 8 nitrogen and oxygen atoms in total. The largest absolute Gasteiger partial charge is 0.508 e. The molecule has 39 heavy (non-hydrogen) atoms. The van der Waals surface area contributed by atoms with Gasteiger partial charge in [-0.3, -0.25) is 14.6 Å². The molecule has 8 heteroatoms. The summed E-state index contributed by atoms with van der Waals surface area (Å²) in [4.78, 5) is 34.6. The second kappa shape index (κ2) is 11.0. The highest BCUT2D eigenvalue weighted by atomic mass is 16.7. The molecule has 3 aliphatic rings. The lowest BCUT2D eigenvalue weighted by molar-refractivity contribution is -0.136. The molecule has 1 fully saturated rings. The summed E-state index contributed by atoms with van der Waals surface area (Å²) in [7, 11) is 0. The summed E-state index contributed by atoms with van der Waals surface area (Å²) in [6.45, 7) is 2.25. The highest BCUT2D eigenvalue weighted by molar-refractivity contribution is 5.89. The molecular weight excluding hydrogens is 494 g/mol. The number of fused-ring (bicyclic) bond motifs is 4. The van der Waals surface area contributed by atoms with Crippen LogP contribution in [-0.2, 0) is 41.8 Å². The van der Waals surface area contributed by atoms with Gasteiger partial charge in [0.25, 0.3) is 0 Å². The van der Waals surface area contributed by atoms with E-state index in [0.29, 0.717) is 44.8 Å². The number of carbonyl (C=O) groups is 2. The van der Waals surface area contributed by atoms with E-state index in [1.54, 1.807) is 17.2 Å². The Morgan fingerprint density at radius 3 is 2.54 bits per heavy atom. The lowest BCUT2D eigenvalue weighted by Gasteiger charge is -2.26. The van der Waals surface area contributed by atoms with E-state index in [1.165, 1.54) is 11.1 Å². The minimum absolute atomic E-state index is 0.00183. The predicted octanol–water partition coefficient (Wildman–Crippen LogP) is 3.67. The van der Waals surface area contributed by atoms with Crippen LogP contribution in [0, 0.1) is 5.92 Å². The zero-order valence-corrected chi connectivity index (χ0v) is 22.0. The maximum Gasteiger partial charge on any atom is 0.231 e. The molecule has 0 spiro atoms. The Hall–Kier alpha value is -4.07. The van der Waals surface area contributed by atoms with Gasteiger partial charge in [0, 0.05) is 32.3 Å². The Morgan fingerprint density at radius 2 is 1.74 bits per heavy atom. The van der Waals surface area contributed by atoms with Crippen LogP contribution >= 0.6 is 0 Å². The monoisotopic (exact) mass is 527 g/mol. The van der Waals surface area contributed by atoms with Gasteiger partial charge in [0.15, 0.2) is 11.5 Å². The first kappa shape index (κ1) is 25.2. The van der Waals surface area contributed by atoms with Crippen LogP contribution in [-0.4, -0.2) is 58.1 Å². The van der Waals surface area contributed by atoms with Crippen molar-refractivity contribution >= 4 is 11.8 Å². The van der Waals surface area contributed by atoms with Crippen molar-refractivity contribution in [3.63, 3.8) is 0 Å². The number of carbonyl (C=O) groups excluding carboxylic acids is 2. The Kier molecular flexibility index (Phi) is 7.09. The summed E-state index contributed by atoms with van der Waals surface area (Å²) in [5.74, 6) is 1.49. The zero-order chi connectivity index (χ0) is 26.8. The van der Waals surface area contributed by atoms with E-state index in [-0.39, 0.29) is 30.9 Å². The second-order valence-corrected chi connectivity index (χ2v) is 10.6. The first-order valence-electron chi connectivity index (χ1n) is 13.7. The molecule has 2 bridgehead atoms. The quantitative estimate of drug-likeness (QED) is 0.559. The summed E-state index contributed by atoms with van der Waals surface area (Å²) >= 11 is 0. The SMILES string of the molecule is O=C1CC(C(=O)N2CCCc3cc4c(cc3CCc3cc(ccc3O)CC2)OCO4)CN1Cc1ccccn1. The normalized spacial score (nSPS) is 19.2. The summed E-state index contributed by atoms with van der Waals surface area (Å²) in [5.41, 5.74) is 5.17. The number of benzene rings is 2. The lowest BCUT2D eigenvalue weighted by atomic mass is 9.95. The molecule has 0 radical (unpaired) electrons. The van der Waals surface area contributed by atoms with Gasteiger partial charge in [0.2, 0.25) is 18.6 Å². The number of likely N-dealkylation sites (tertiary alicyclic amines) is 1. The summed E-state index contributed by atoms with van der Waals surface area (Å²) in [6.07, 6.45) is 5.75. The van der Waals surface area contributed by atoms with E-state index >= 15 is 0 Å². The fourth-order valence-corrected chi connectivity index (χ4v) is 5.85. The first-order valence-corrected chi connectivity index (χ1v) is 13.7. The lowest BCUT2D eigenvalue weighted by Crippen LogP contribution is -2.39. The fraction of sp³-hybridized carbons (Fsp3) is 0.387. The van der Waals surface area contributed by atoms with Crippen LogP contribution in [0.5, 0.6) is 17.2 Å². The molecule has 1 unspecified atom stereocenters. The molecule has 4 heterocycles. The van der Waals surface area contributed by atoms with Gasteiger partial charge < -0.3 is 24.4 Å². The number of amides is 2. The number of rotatable bonds is 3. The van der Waals surface area contributed by atoms with Crippen molar-refractivity contribution in [3.05, 3.63) is 82.7 Å².